The van der Waals surface area contributed by atoms with E-state index in [2.05, 4.69) is 10.3 Å². The van der Waals surface area contributed by atoms with Gasteiger partial charge in [-0.2, -0.15) is 0 Å². The molecule has 20 heavy (non-hydrogen) atoms. The quantitative estimate of drug-likeness (QED) is 0.938. The van der Waals surface area contributed by atoms with Crippen LogP contribution in [-0.4, -0.2) is 32.2 Å². The number of nitrogens with zero attached hydrogens (tertiary/aromatic N) is 1. The summed E-state index contributed by atoms with van der Waals surface area (Å²) < 4.78 is 26.0. The van der Waals surface area contributed by atoms with Crippen molar-refractivity contribution in [3.63, 3.8) is 0 Å². The van der Waals surface area contributed by atoms with Crippen molar-refractivity contribution in [2.45, 2.75) is 17.2 Å². The predicted molar refractivity (Wildman–Crippen MR) is 84.5 cm³/mol. The molecule has 1 aliphatic heterocycles. The van der Waals surface area contributed by atoms with Gasteiger partial charge in [-0.25, -0.2) is 13.4 Å². The standard InChI is InChI=1S/C13H16N2O2S2.ClH/c16-19(17,9-10-4-3-7-14-8-10)13-15-11-5-1-2-6-12(11)18-13;/h1-2,5-6,10,14H,3-4,7-9H2;1H. The maximum atomic E-state index is 12.4. The van der Waals surface area contributed by atoms with Gasteiger partial charge in [0.15, 0.2) is 0 Å². The van der Waals surface area contributed by atoms with Gasteiger partial charge in [0.2, 0.25) is 14.2 Å². The molecule has 0 amide bonds. The molecule has 1 saturated heterocycles. The van der Waals surface area contributed by atoms with Crippen LogP contribution in [-0.2, 0) is 9.84 Å². The zero-order chi connectivity index (χ0) is 13.3. The molecule has 0 saturated carbocycles. The molecule has 1 aliphatic rings. The average Bonchev–Trinajstić information content (AvgIpc) is 2.84. The van der Waals surface area contributed by atoms with E-state index in [9.17, 15) is 8.42 Å². The number of halogens is 1. The molecule has 0 aliphatic carbocycles. The van der Waals surface area contributed by atoms with Gasteiger partial charge >= 0.3 is 0 Å². The molecule has 1 unspecified atom stereocenters. The third-order valence-electron chi connectivity index (χ3n) is 3.39. The fraction of sp³-hybridized carbons (Fsp3) is 0.462. The van der Waals surface area contributed by atoms with Gasteiger partial charge < -0.3 is 5.32 Å². The predicted octanol–water partition coefficient (Wildman–Crippen LogP) is 2.49. The molecule has 1 aromatic carbocycles. The molecule has 2 aromatic rings. The van der Waals surface area contributed by atoms with E-state index in [1.165, 1.54) is 11.3 Å². The number of aromatic nitrogens is 1. The highest BCUT2D eigenvalue weighted by Crippen LogP contribution is 2.27. The number of rotatable bonds is 3. The lowest BCUT2D eigenvalue weighted by molar-refractivity contribution is 0.404. The molecule has 7 heteroatoms. The molecule has 1 fully saturated rings. The normalized spacial score (nSPS) is 19.7. The summed E-state index contributed by atoms with van der Waals surface area (Å²) in [6.45, 7) is 1.79. The highest BCUT2D eigenvalue weighted by atomic mass is 35.5. The number of sulfone groups is 1. The highest BCUT2D eigenvalue weighted by Gasteiger charge is 2.25. The second-order valence-corrected chi connectivity index (χ2v) is 8.18. The first-order valence-corrected chi connectivity index (χ1v) is 8.91. The monoisotopic (exact) mass is 332 g/mol. The second kappa shape index (κ2) is 6.39. The van der Waals surface area contributed by atoms with Crippen molar-refractivity contribution >= 4 is 43.8 Å². The fourth-order valence-corrected chi connectivity index (χ4v) is 5.40. The fourth-order valence-electron chi connectivity index (χ4n) is 2.43. The summed E-state index contributed by atoms with van der Waals surface area (Å²) >= 11 is 1.27. The van der Waals surface area contributed by atoms with Gasteiger partial charge in [-0.05, 0) is 44.0 Å². The van der Waals surface area contributed by atoms with E-state index in [1.54, 1.807) is 0 Å². The molecule has 0 bridgehead atoms. The Kier molecular flexibility index (Phi) is 5.01. The van der Waals surface area contributed by atoms with Crippen LogP contribution < -0.4 is 5.32 Å². The van der Waals surface area contributed by atoms with E-state index in [1.807, 2.05) is 24.3 Å². The Morgan fingerprint density at radius 2 is 2.15 bits per heavy atom. The summed E-state index contributed by atoms with van der Waals surface area (Å²) in [6, 6.07) is 7.55. The summed E-state index contributed by atoms with van der Waals surface area (Å²) in [5.74, 6) is 0.422. The topological polar surface area (TPSA) is 59.1 Å². The zero-order valence-electron chi connectivity index (χ0n) is 10.9. The van der Waals surface area contributed by atoms with Gasteiger partial charge in [0.25, 0.3) is 0 Å². The van der Waals surface area contributed by atoms with Gasteiger partial charge in [0, 0.05) is 0 Å². The van der Waals surface area contributed by atoms with Gasteiger partial charge in [-0.1, -0.05) is 12.1 Å². The van der Waals surface area contributed by atoms with Crippen LogP contribution >= 0.6 is 23.7 Å². The Morgan fingerprint density at radius 3 is 2.85 bits per heavy atom. The summed E-state index contributed by atoms with van der Waals surface area (Å²) in [6.07, 6.45) is 2.04. The van der Waals surface area contributed by atoms with Gasteiger partial charge in [-0.3, -0.25) is 0 Å². The lowest BCUT2D eigenvalue weighted by atomic mass is 10.0. The van der Waals surface area contributed by atoms with Crippen LogP contribution in [0.1, 0.15) is 12.8 Å². The lowest BCUT2D eigenvalue weighted by Gasteiger charge is -2.21. The number of nitrogens with one attached hydrogen (secondary N) is 1. The average molecular weight is 333 g/mol. The number of hydrogen-bond donors (Lipinski definition) is 1. The third-order valence-corrected chi connectivity index (χ3v) is 6.77. The van der Waals surface area contributed by atoms with Crippen LogP contribution in [0.4, 0.5) is 0 Å². The molecule has 4 nitrogen and oxygen atoms in total. The zero-order valence-corrected chi connectivity index (χ0v) is 13.4. The first kappa shape index (κ1) is 15.7. The largest absolute Gasteiger partial charge is 0.316 e. The van der Waals surface area contributed by atoms with E-state index in [0.29, 0.717) is 0 Å². The molecule has 1 aromatic heterocycles. The van der Waals surface area contributed by atoms with Gasteiger partial charge in [0.1, 0.15) is 0 Å². The molecule has 2 heterocycles. The molecule has 110 valence electrons. The molecule has 3 rings (SSSR count). The Bertz CT molecular complexity index is 645. The minimum atomic E-state index is -3.25. The molecule has 1 N–H and O–H groups in total. The molecule has 0 radical (unpaired) electrons. The smallest absolute Gasteiger partial charge is 0.210 e. The first-order chi connectivity index (χ1) is 9.15. The van der Waals surface area contributed by atoms with Crippen LogP contribution in [0.25, 0.3) is 10.2 Å². The van der Waals surface area contributed by atoms with Crippen molar-refractivity contribution in [3.05, 3.63) is 24.3 Å². The number of benzene rings is 1. The minimum Gasteiger partial charge on any atom is -0.316 e. The SMILES string of the molecule is Cl.O=S(=O)(CC1CCCNC1)c1nc2ccccc2s1. The van der Waals surface area contributed by atoms with Crippen LogP contribution in [0.5, 0.6) is 0 Å². The summed E-state index contributed by atoms with van der Waals surface area (Å²) in [7, 11) is -3.25. The van der Waals surface area contributed by atoms with E-state index >= 15 is 0 Å². The third kappa shape index (κ3) is 3.31. The maximum Gasteiger partial charge on any atom is 0.210 e. The number of hydrogen-bond acceptors (Lipinski definition) is 5. The van der Waals surface area contributed by atoms with Crippen LogP contribution in [0.3, 0.4) is 0 Å². The molecular formula is C13H17ClN2O2S2. The summed E-state index contributed by atoms with van der Waals surface area (Å²) in [5.41, 5.74) is 0.771. The van der Waals surface area contributed by atoms with E-state index in [-0.39, 0.29) is 28.4 Å². The summed E-state index contributed by atoms with van der Waals surface area (Å²) in [4.78, 5) is 4.26. The Balaban J connectivity index is 0.00000147. The summed E-state index contributed by atoms with van der Waals surface area (Å²) in [5, 5.41) is 3.25. The van der Waals surface area contributed by atoms with Crippen molar-refractivity contribution < 1.29 is 8.42 Å². The highest BCUT2D eigenvalue weighted by molar-refractivity contribution is 7.93. The second-order valence-electron chi connectivity index (χ2n) is 4.94. The maximum absolute atomic E-state index is 12.4. The molecule has 1 atom stereocenters. The first-order valence-electron chi connectivity index (χ1n) is 6.44. The van der Waals surface area contributed by atoms with Crippen molar-refractivity contribution in [1.82, 2.24) is 10.3 Å². The number of fused-ring (bicyclic) bond motifs is 1. The van der Waals surface area contributed by atoms with E-state index < -0.39 is 9.84 Å². The Labute approximate surface area is 128 Å². The molecular weight excluding hydrogens is 316 g/mol. The number of thiazole rings is 1. The van der Waals surface area contributed by atoms with Crippen LogP contribution in [0.2, 0.25) is 0 Å². The van der Waals surface area contributed by atoms with E-state index in [0.717, 1.165) is 36.1 Å². The van der Waals surface area contributed by atoms with Crippen molar-refractivity contribution in [1.29, 1.82) is 0 Å². The Morgan fingerprint density at radius 1 is 1.35 bits per heavy atom. The van der Waals surface area contributed by atoms with Crippen molar-refractivity contribution in [2.24, 2.45) is 5.92 Å². The minimum absolute atomic E-state index is 0. The number of piperidine rings is 1. The van der Waals surface area contributed by atoms with Gasteiger partial charge in [0.05, 0.1) is 16.0 Å². The van der Waals surface area contributed by atoms with E-state index in [4.69, 9.17) is 0 Å². The molecule has 0 spiro atoms. The van der Waals surface area contributed by atoms with Crippen molar-refractivity contribution in [3.8, 4) is 0 Å². The van der Waals surface area contributed by atoms with Gasteiger partial charge in [-0.15, -0.1) is 23.7 Å². The lowest BCUT2D eigenvalue weighted by Crippen LogP contribution is -2.33. The van der Waals surface area contributed by atoms with Crippen molar-refractivity contribution in [2.75, 3.05) is 18.8 Å². The van der Waals surface area contributed by atoms with Crippen LogP contribution in [0.15, 0.2) is 28.6 Å². The van der Waals surface area contributed by atoms with Crippen LogP contribution in [0, 0.1) is 5.92 Å². The Hall–Kier alpha value is -0.690. The number of para-hydroxylation sites is 1.